The minimum atomic E-state index is 0.621. The predicted molar refractivity (Wildman–Crippen MR) is 98.3 cm³/mol. The van der Waals surface area contributed by atoms with Crippen LogP contribution in [0.1, 0.15) is 5.76 Å². The number of furan rings is 1. The Morgan fingerprint density at radius 2 is 1.64 bits per heavy atom. The molecule has 2 aromatic carbocycles. The molecule has 0 atom stereocenters. The van der Waals surface area contributed by atoms with E-state index in [1.165, 1.54) is 0 Å². The highest BCUT2D eigenvalue weighted by molar-refractivity contribution is 9.10. The van der Waals surface area contributed by atoms with Crippen molar-refractivity contribution in [3.63, 3.8) is 0 Å². The Morgan fingerprint density at radius 3 is 2.36 bits per heavy atom. The van der Waals surface area contributed by atoms with Gasteiger partial charge in [0.2, 0.25) is 0 Å². The second kappa shape index (κ2) is 6.90. The molecule has 0 saturated carbocycles. The van der Waals surface area contributed by atoms with E-state index in [0.29, 0.717) is 11.6 Å². The summed E-state index contributed by atoms with van der Waals surface area (Å²) in [5.41, 5.74) is 1.93. The first-order chi connectivity index (χ1) is 10.6. The monoisotopic (exact) mass is 439 g/mol. The van der Waals surface area contributed by atoms with Crippen LogP contribution in [-0.2, 0) is 6.54 Å². The lowest BCUT2D eigenvalue weighted by Gasteiger charge is -2.05. The third-order valence-electron chi connectivity index (χ3n) is 3.17. The maximum absolute atomic E-state index is 6.25. The Hall–Kier alpha value is -1.23. The minimum Gasteiger partial charge on any atom is -0.459 e. The Morgan fingerprint density at radius 1 is 0.909 bits per heavy atom. The van der Waals surface area contributed by atoms with Gasteiger partial charge in [0.05, 0.1) is 11.6 Å². The third kappa shape index (κ3) is 3.75. The van der Waals surface area contributed by atoms with Crippen LogP contribution < -0.4 is 5.32 Å². The summed E-state index contributed by atoms with van der Waals surface area (Å²) in [5, 5.41) is 3.98. The smallest absolute Gasteiger partial charge is 0.135 e. The highest BCUT2D eigenvalue weighted by Crippen LogP contribution is 2.31. The molecule has 1 N–H and O–H groups in total. The van der Waals surface area contributed by atoms with Gasteiger partial charge in [0.1, 0.15) is 11.5 Å². The summed E-state index contributed by atoms with van der Waals surface area (Å²) >= 11 is 13.1. The van der Waals surface area contributed by atoms with Crippen LogP contribution in [0.25, 0.3) is 11.3 Å². The summed E-state index contributed by atoms with van der Waals surface area (Å²) in [4.78, 5) is 0. The zero-order valence-corrected chi connectivity index (χ0v) is 15.4. The molecule has 0 amide bonds. The van der Waals surface area contributed by atoms with Crippen molar-refractivity contribution in [2.45, 2.75) is 6.54 Å². The second-order valence-corrected chi connectivity index (χ2v) is 6.99. The summed E-state index contributed by atoms with van der Waals surface area (Å²) in [5.74, 6) is 1.63. The van der Waals surface area contributed by atoms with E-state index >= 15 is 0 Å². The van der Waals surface area contributed by atoms with E-state index < -0.39 is 0 Å². The average molecular weight is 442 g/mol. The first-order valence-electron chi connectivity index (χ1n) is 6.65. The van der Waals surface area contributed by atoms with Crippen LogP contribution in [0.5, 0.6) is 0 Å². The van der Waals surface area contributed by atoms with Gasteiger partial charge in [0.15, 0.2) is 0 Å². The largest absolute Gasteiger partial charge is 0.459 e. The maximum atomic E-state index is 6.25. The molecule has 5 heteroatoms. The normalized spacial score (nSPS) is 10.7. The summed E-state index contributed by atoms with van der Waals surface area (Å²) in [6.07, 6.45) is 0. The zero-order valence-electron chi connectivity index (χ0n) is 11.4. The lowest BCUT2D eigenvalue weighted by molar-refractivity contribution is 0.531. The first kappa shape index (κ1) is 15.7. The Bertz CT molecular complexity index is 784. The number of nitrogens with one attached hydrogen (secondary N) is 1. The molecule has 0 radical (unpaired) electrons. The van der Waals surface area contributed by atoms with Crippen LogP contribution in [0.15, 0.2) is 68.0 Å². The quantitative estimate of drug-likeness (QED) is 0.485. The van der Waals surface area contributed by atoms with Gasteiger partial charge in [0.25, 0.3) is 0 Å². The SMILES string of the molecule is Clc1cc(Br)ccc1-c1ccc(CNc2ccc(Br)cc2)o1. The number of hydrogen-bond donors (Lipinski definition) is 1. The molecule has 1 heterocycles. The van der Waals surface area contributed by atoms with Crippen LogP contribution in [0.2, 0.25) is 5.02 Å². The number of anilines is 1. The Balaban J connectivity index is 1.72. The van der Waals surface area contributed by atoms with Crippen LogP contribution in [0, 0.1) is 0 Å². The molecular weight excluding hydrogens is 429 g/mol. The first-order valence-corrected chi connectivity index (χ1v) is 8.62. The fraction of sp³-hybridized carbons (Fsp3) is 0.0588. The minimum absolute atomic E-state index is 0.621. The van der Waals surface area contributed by atoms with Crippen molar-refractivity contribution in [3.05, 3.63) is 74.3 Å². The predicted octanol–water partition coefficient (Wildman–Crippen LogP) is 6.74. The maximum Gasteiger partial charge on any atom is 0.135 e. The molecule has 0 bridgehead atoms. The average Bonchev–Trinajstić information content (AvgIpc) is 2.95. The summed E-state index contributed by atoms with van der Waals surface area (Å²) < 4.78 is 7.87. The van der Waals surface area contributed by atoms with Crippen LogP contribution in [0.3, 0.4) is 0 Å². The number of halogens is 3. The van der Waals surface area contributed by atoms with Crippen LogP contribution in [0.4, 0.5) is 5.69 Å². The van der Waals surface area contributed by atoms with Crippen molar-refractivity contribution >= 4 is 49.1 Å². The molecule has 0 unspecified atom stereocenters. The second-order valence-electron chi connectivity index (χ2n) is 4.75. The van der Waals surface area contributed by atoms with Gasteiger partial charge in [-0.25, -0.2) is 0 Å². The van der Waals surface area contributed by atoms with Crippen molar-refractivity contribution in [2.24, 2.45) is 0 Å². The van der Waals surface area contributed by atoms with Crippen molar-refractivity contribution in [2.75, 3.05) is 5.32 Å². The van der Waals surface area contributed by atoms with Gasteiger partial charge in [-0.1, -0.05) is 43.5 Å². The van der Waals surface area contributed by atoms with Crippen molar-refractivity contribution in [1.29, 1.82) is 0 Å². The number of rotatable bonds is 4. The standard InChI is InChI=1S/C17H12Br2ClNO/c18-11-1-4-13(5-2-11)21-10-14-6-8-17(22-14)15-7-3-12(19)9-16(15)20/h1-9,21H,10H2. The lowest BCUT2D eigenvalue weighted by Crippen LogP contribution is -1.97. The molecule has 3 rings (SSSR count). The van der Waals surface area contributed by atoms with Gasteiger partial charge in [-0.3, -0.25) is 0 Å². The molecule has 0 spiro atoms. The molecule has 112 valence electrons. The van der Waals surface area contributed by atoms with Crippen molar-refractivity contribution in [1.82, 2.24) is 0 Å². The van der Waals surface area contributed by atoms with E-state index in [-0.39, 0.29) is 0 Å². The van der Waals surface area contributed by atoms with E-state index in [0.717, 1.165) is 31.7 Å². The fourth-order valence-electron chi connectivity index (χ4n) is 2.06. The van der Waals surface area contributed by atoms with Gasteiger partial charge < -0.3 is 9.73 Å². The lowest BCUT2D eigenvalue weighted by atomic mass is 10.2. The molecule has 22 heavy (non-hydrogen) atoms. The summed E-state index contributed by atoms with van der Waals surface area (Å²) in [7, 11) is 0. The summed E-state index contributed by atoms with van der Waals surface area (Å²) in [6.45, 7) is 0.621. The molecule has 2 nitrogen and oxygen atoms in total. The fourth-order valence-corrected chi connectivity index (χ4v) is 3.09. The van der Waals surface area contributed by atoms with E-state index in [1.54, 1.807) is 0 Å². The van der Waals surface area contributed by atoms with Crippen LogP contribution >= 0.6 is 43.5 Å². The molecule has 0 fully saturated rings. The van der Waals surface area contributed by atoms with Crippen molar-refractivity contribution in [3.8, 4) is 11.3 Å². The van der Waals surface area contributed by atoms with Gasteiger partial charge in [0, 0.05) is 20.2 Å². The number of hydrogen-bond acceptors (Lipinski definition) is 2. The molecule has 0 aliphatic heterocycles. The van der Waals surface area contributed by atoms with Crippen LogP contribution in [-0.4, -0.2) is 0 Å². The van der Waals surface area contributed by atoms with Gasteiger partial charge >= 0.3 is 0 Å². The van der Waals surface area contributed by atoms with E-state index in [4.69, 9.17) is 16.0 Å². The van der Waals surface area contributed by atoms with E-state index in [2.05, 4.69) is 37.2 Å². The van der Waals surface area contributed by atoms with Gasteiger partial charge in [-0.05, 0) is 54.6 Å². The number of benzene rings is 2. The van der Waals surface area contributed by atoms with E-state index in [9.17, 15) is 0 Å². The van der Waals surface area contributed by atoms with Crippen molar-refractivity contribution < 1.29 is 4.42 Å². The highest BCUT2D eigenvalue weighted by Gasteiger charge is 2.09. The zero-order chi connectivity index (χ0) is 15.5. The Labute approximate surface area is 150 Å². The Kier molecular flexibility index (Phi) is 4.91. The molecule has 0 aliphatic carbocycles. The summed E-state index contributed by atoms with van der Waals surface area (Å²) in [6, 6.07) is 17.7. The topological polar surface area (TPSA) is 25.2 Å². The molecule has 1 aromatic heterocycles. The highest BCUT2D eigenvalue weighted by atomic mass is 79.9. The molecule has 0 aliphatic rings. The molecule has 0 saturated heterocycles. The van der Waals surface area contributed by atoms with Gasteiger partial charge in [-0.15, -0.1) is 0 Å². The van der Waals surface area contributed by atoms with E-state index in [1.807, 2.05) is 54.6 Å². The molecular formula is C17H12Br2ClNO. The van der Waals surface area contributed by atoms with Gasteiger partial charge in [-0.2, -0.15) is 0 Å². The molecule has 3 aromatic rings. The third-order valence-corrected chi connectivity index (χ3v) is 4.50.